The smallest absolute Gasteiger partial charge is 0.276 e. The van der Waals surface area contributed by atoms with E-state index in [0.29, 0.717) is 25.5 Å². The van der Waals surface area contributed by atoms with Crippen LogP contribution < -0.4 is 0 Å². The molecule has 128 valence electrons. The molecule has 2 aromatic heterocycles. The quantitative estimate of drug-likeness (QED) is 0.663. The summed E-state index contributed by atoms with van der Waals surface area (Å²) in [6, 6.07) is 15.0. The summed E-state index contributed by atoms with van der Waals surface area (Å²) in [5, 5.41) is 3.94. The fraction of sp³-hybridized carbons (Fsp3) is 0.211. The molecule has 0 N–H and O–H groups in total. The summed E-state index contributed by atoms with van der Waals surface area (Å²) < 4.78 is 10.5. The number of carbonyl (C=O) groups excluding carboxylic acids is 1. The van der Waals surface area contributed by atoms with Gasteiger partial charge in [-0.05, 0) is 17.7 Å². The van der Waals surface area contributed by atoms with E-state index in [1.807, 2.05) is 42.5 Å². The summed E-state index contributed by atoms with van der Waals surface area (Å²) in [7, 11) is 1.61. The third-order valence-corrected chi connectivity index (χ3v) is 3.76. The first kappa shape index (κ1) is 16.9. The van der Waals surface area contributed by atoms with Crippen LogP contribution in [0.4, 0.5) is 0 Å². The number of rotatable bonds is 7. The summed E-state index contributed by atoms with van der Waals surface area (Å²) in [5.41, 5.74) is 2.15. The highest BCUT2D eigenvalue weighted by Crippen LogP contribution is 2.20. The molecule has 6 heteroatoms. The molecule has 0 atom stereocenters. The average molecular weight is 337 g/mol. The van der Waals surface area contributed by atoms with E-state index in [1.54, 1.807) is 30.5 Å². The molecule has 0 radical (unpaired) electrons. The first-order chi connectivity index (χ1) is 12.3. The van der Waals surface area contributed by atoms with Crippen molar-refractivity contribution >= 4 is 5.91 Å². The van der Waals surface area contributed by atoms with Crippen LogP contribution in [-0.2, 0) is 11.3 Å². The lowest BCUT2D eigenvalue weighted by Gasteiger charge is -2.21. The van der Waals surface area contributed by atoms with E-state index in [1.165, 1.54) is 0 Å². The average Bonchev–Trinajstić information content (AvgIpc) is 3.16. The molecule has 1 amide bonds. The van der Waals surface area contributed by atoms with Crippen LogP contribution >= 0.6 is 0 Å². The van der Waals surface area contributed by atoms with Gasteiger partial charge in [-0.15, -0.1) is 0 Å². The topological polar surface area (TPSA) is 68.5 Å². The van der Waals surface area contributed by atoms with E-state index in [4.69, 9.17) is 9.26 Å². The zero-order chi connectivity index (χ0) is 17.5. The lowest BCUT2D eigenvalue weighted by atomic mass is 10.1. The van der Waals surface area contributed by atoms with Crippen molar-refractivity contribution in [2.24, 2.45) is 0 Å². The Hall–Kier alpha value is -2.99. The third-order valence-electron chi connectivity index (χ3n) is 3.76. The fourth-order valence-corrected chi connectivity index (χ4v) is 2.44. The Labute approximate surface area is 146 Å². The van der Waals surface area contributed by atoms with Crippen LogP contribution in [0.5, 0.6) is 0 Å². The monoisotopic (exact) mass is 337 g/mol. The summed E-state index contributed by atoms with van der Waals surface area (Å²) in [5.74, 6) is 0.374. The first-order valence-electron chi connectivity index (χ1n) is 7.97. The van der Waals surface area contributed by atoms with Gasteiger partial charge in [-0.3, -0.25) is 9.78 Å². The Balaban J connectivity index is 1.78. The van der Waals surface area contributed by atoms with Crippen molar-refractivity contribution in [1.82, 2.24) is 15.0 Å². The molecule has 0 fully saturated rings. The van der Waals surface area contributed by atoms with Crippen LogP contribution in [0.25, 0.3) is 11.3 Å². The van der Waals surface area contributed by atoms with E-state index in [9.17, 15) is 4.79 Å². The Morgan fingerprint density at radius 2 is 1.92 bits per heavy atom. The molecule has 2 heterocycles. The fourth-order valence-electron chi connectivity index (χ4n) is 2.44. The molecule has 1 aromatic carbocycles. The molecule has 0 aliphatic heterocycles. The maximum absolute atomic E-state index is 12.8. The minimum absolute atomic E-state index is 0.195. The van der Waals surface area contributed by atoms with Crippen LogP contribution in [-0.4, -0.2) is 41.2 Å². The lowest BCUT2D eigenvalue weighted by Crippen LogP contribution is -2.33. The first-order valence-corrected chi connectivity index (χ1v) is 7.97. The normalized spacial score (nSPS) is 10.6. The largest absolute Gasteiger partial charge is 0.383 e. The van der Waals surface area contributed by atoms with Crippen molar-refractivity contribution in [3.05, 3.63) is 72.2 Å². The minimum atomic E-state index is -0.195. The third kappa shape index (κ3) is 4.30. The molecule has 0 aliphatic rings. The number of aromatic nitrogens is 2. The Morgan fingerprint density at radius 3 is 2.64 bits per heavy atom. The van der Waals surface area contributed by atoms with Gasteiger partial charge >= 0.3 is 0 Å². The van der Waals surface area contributed by atoms with Crippen molar-refractivity contribution in [3.8, 4) is 11.3 Å². The van der Waals surface area contributed by atoms with E-state index < -0.39 is 0 Å². The molecular formula is C19H19N3O3. The number of hydrogen-bond donors (Lipinski definition) is 0. The summed E-state index contributed by atoms with van der Waals surface area (Å²) in [6.45, 7) is 1.36. The van der Waals surface area contributed by atoms with Crippen LogP contribution in [0.3, 0.4) is 0 Å². The SMILES string of the molecule is COCCN(Cc1ccncc1)C(=O)c1cc(-c2ccccc2)on1. The Bertz CT molecular complexity index is 803. The van der Waals surface area contributed by atoms with Crippen LogP contribution in [0.2, 0.25) is 0 Å². The Morgan fingerprint density at radius 1 is 1.16 bits per heavy atom. The highest BCUT2D eigenvalue weighted by Gasteiger charge is 2.20. The number of hydrogen-bond acceptors (Lipinski definition) is 5. The van der Waals surface area contributed by atoms with Gasteiger partial charge in [0.25, 0.3) is 5.91 Å². The molecule has 25 heavy (non-hydrogen) atoms. The molecule has 0 saturated heterocycles. The number of amides is 1. The van der Waals surface area contributed by atoms with Gasteiger partial charge in [0, 0.05) is 44.2 Å². The molecule has 0 saturated carbocycles. The molecule has 0 spiro atoms. The predicted octanol–water partition coefficient (Wildman–Crippen LogP) is 3.03. The van der Waals surface area contributed by atoms with Crippen molar-refractivity contribution in [2.45, 2.75) is 6.54 Å². The van der Waals surface area contributed by atoms with Gasteiger partial charge in [0.05, 0.1) is 6.61 Å². The number of methoxy groups -OCH3 is 1. The van der Waals surface area contributed by atoms with Gasteiger partial charge < -0.3 is 14.2 Å². The molecule has 0 bridgehead atoms. The maximum atomic E-state index is 12.8. The van der Waals surface area contributed by atoms with E-state index in [0.717, 1.165) is 11.1 Å². The molecule has 3 aromatic rings. The molecule has 3 rings (SSSR count). The van der Waals surface area contributed by atoms with Gasteiger partial charge in [0.1, 0.15) is 0 Å². The van der Waals surface area contributed by atoms with E-state index >= 15 is 0 Å². The van der Waals surface area contributed by atoms with Gasteiger partial charge in [-0.1, -0.05) is 35.5 Å². The van der Waals surface area contributed by atoms with Crippen molar-refractivity contribution in [2.75, 3.05) is 20.3 Å². The van der Waals surface area contributed by atoms with Crippen LogP contribution in [0.15, 0.2) is 65.4 Å². The molecule has 0 unspecified atom stereocenters. The second kappa shape index (κ2) is 8.21. The molecule has 0 aliphatic carbocycles. The summed E-state index contributed by atoms with van der Waals surface area (Å²) in [6.07, 6.45) is 3.41. The van der Waals surface area contributed by atoms with Crippen molar-refractivity contribution in [1.29, 1.82) is 0 Å². The maximum Gasteiger partial charge on any atom is 0.276 e. The molecule has 6 nitrogen and oxygen atoms in total. The second-order valence-electron chi connectivity index (χ2n) is 5.52. The zero-order valence-corrected chi connectivity index (χ0v) is 14.0. The summed E-state index contributed by atoms with van der Waals surface area (Å²) in [4.78, 5) is 18.5. The number of pyridine rings is 1. The lowest BCUT2D eigenvalue weighted by molar-refractivity contribution is 0.0670. The number of carbonyl (C=O) groups is 1. The van der Waals surface area contributed by atoms with Gasteiger partial charge in [-0.2, -0.15) is 0 Å². The van der Waals surface area contributed by atoms with Gasteiger partial charge in [0.2, 0.25) is 0 Å². The van der Waals surface area contributed by atoms with E-state index in [2.05, 4.69) is 10.1 Å². The Kier molecular flexibility index (Phi) is 5.53. The second-order valence-corrected chi connectivity index (χ2v) is 5.52. The highest BCUT2D eigenvalue weighted by molar-refractivity contribution is 5.93. The number of benzene rings is 1. The summed E-state index contributed by atoms with van der Waals surface area (Å²) >= 11 is 0. The van der Waals surface area contributed by atoms with Gasteiger partial charge in [0.15, 0.2) is 11.5 Å². The van der Waals surface area contributed by atoms with E-state index in [-0.39, 0.29) is 11.6 Å². The van der Waals surface area contributed by atoms with Crippen molar-refractivity contribution in [3.63, 3.8) is 0 Å². The highest BCUT2D eigenvalue weighted by atomic mass is 16.5. The number of nitrogens with zero attached hydrogens (tertiary/aromatic N) is 3. The molecular weight excluding hydrogens is 318 g/mol. The number of ether oxygens (including phenoxy) is 1. The standard InChI is InChI=1S/C19H19N3O3/c1-24-12-11-22(14-15-7-9-20-10-8-15)19(23)17-13-18(25-21-17)16-5-3-2-4-6-16/h2-10,13H,11-12,14H2,1H3. The van der Waals surface area contributed by atoms with Crippen LogP contribution in [0, 0.1) is 0 Å². The minimum Gasteiger partial charge on any atom is -0.383 e. The zero-order valence-electron chi connectivity index (χ0n) is 14.0. The van der Waals surface area contributed by atoms with Crippen molar-refractivity contribution < 1.29 is 14.1 Å². The van der Waals surface area contributed by atoms with Crippen LogP contribution in [0.1, 0.15) is 16.1 Å². The van der Waals surface area contributed by atoms with Gasteiger partial charge in [-0.25, -0.2) is 0 Å². The predicted molar refractivity (Wildman–Crippen MR) is 92.8 cm³/mol.